The topological polar surface area (TPSA) is 138 Å². The highest BCUT2D eigenvalue weighted by molar-refractivity contribution is 5.85. The molecule has 0 aromatic rings. The zero-order valence-electron chi connectivity index (χ0n) is 9.77. The molecule has 0 aliphatic heterocycles. The van der Waals surface area contributed by atoms with E-state index in [2.05, 4.69) is 18.9 Å². The van der Waals surface area contributed by atoms with Gasteiger partial charge in [-0.2, -0.15) is 0 Å². The van der Waals surface area contributed by atoms with Crippen molar-refractivity contribution in [3.8, 4) is 0 Å². The summed E-state index contributed by atoms with van der Waals surface area (Å²) in [6.07, 6.45) is 0. The monoisotopic (exact) mass is 247 g/mol. The Bertz CT molecular complexity index is 260. The number of aliphatic carboxylic acids is 3. The predicted molar refractivity (Wildman–Crippen MR) is 61.6 cm³/mol. The van der Waals surface area contributed by atoms with Crippen molar-refractivity contribution in [3.63, 3.8) is 0 Å². The van der Waals surface area contributed by atoms with Gasteiger partial charge in [0.05, 0.1) is 6.54 Å². The van der Waals surface area contributed by atoms with Gasteiger partial charge in [-0.15, -0.1) is 0 Å². The summed E-state index contributed by atoms with van der Waals surface area (Å²) in [5.41, 5.74) is 4.92. The Morgan fingerprint density at radius 1 is 0.941 bits per heavy atom. The fraction of sp³-hybridized carbons (Fsp3) is 0.300. The van der Waals surface area contributed by atoms with Gasteiger partial charge in [0.25, 0.3) is 0 Å². The summed E-state index contributed by atoms with van der Waals surface area (Å²) in [6, 6.07) is 0. The summed E-state index contributed by atoms with van der Waals surface area (Å²) in [7, 11) is 0. The Kier molecular flexibility index (Phi) is 14.2. The highest BCUT2D eigenvalue weighted by atomic mass is 16.4. The molecule has 0 unspecified atom stereocenters. The summed E-state index contributed by atoms with van der Waals surface area (Å²) >= 11 is 0. The SMILES string of the molecule is C=C(C)C(=O)O.C=C(C)C(=O)O.NCC(=O)O. The van der Waals surface area contributed by atoms with Crippen molar-refractivity contribution in [3.05, 3.63) is 24.3 Å². The van der Waals surface area contributed by atoms with Crippen molar-refractivity contribution >= 4 is 17.9 Å². The Balaban J connectivity index is -0.000000174. The van der Waals surface area contributed by atoms with Gasteiger partial charge < -0.3 is 21.1 Å². The van der Waals surface area contributed by atoms with Gasteiger partial charge in [0.1, 0.15) is 0 Å². The van der Waals surface area contributed by atoms with Crippen molar-refractivity contribution < 1.29 is 29.7 Å². The molecule has 0 rings (SSSR count). The van der Waals surface area contributed by atoms with Gasteiger partial charge in [-0.3, -0.25) is 4.79 Å². The van der Waals surface area contributed by atoms with Gasteiger partial charge in [-0.1, -0.05) is 13.2 Å². The molecule has 0 aliphatic rings. The van der Waals surface area contributed by atoms with Crippen LogP contribution >= 0.6 is 0 Å². The molecule has 7 nitrogen and oxygen atoms in total. The maximum Gasteiger partial charge on any atom is 0.330 e. The molecule has 0 spiro atoms. The highest BCUT2D eigenvalue weighted by Crippen LogP contribution is 1.81. The zero-order valence-corrected chi connectivity index (χ0v) is 9.77. The number of carbonyl (C=O) groups is 3. The van der Waals surface area contributed by atoms with E-state index in [9.17, 15) is 14.4 Å². The van der Waals surface area contributed by atoms with Crippen LogP contribution in [0.3, 0.4) is 0 Å². The van der Waals surface area contributed by atoms with Gasteiger partial charge in [0, 0.05) is 11.1 Å². The zero-order chi connectivity index (χ0) is 14.6. The molecule has 0 fully saturated rings. The predicted octanol–water partition coefficient (Wildman–Crippen LogP) is 0.324. The lowest BCUT2D eigenvalue weighted by molar-refractivity contribution is -0.135. The maximum atomic E-state index is 9.60. The molecule has 0 aromatic carbocycles. The van der Waals surface area contributed by atoms with E-state index >= 15 is 0 Å². The van der Waals surface area contributed by atoms with Gasteiger partial charge in [0.2, 0.25) is 0 Å². The Labute approximate surface area is 98.9 Å². The first kappa shape index (κ1) is 20.3. The minimum absolute atomic E-state index is 0.176. The normalized spacial score (nSPS) is 7.47. The third-order valence-electron chi connectivity index (χ3n) is 0.905. The quantitative estimate of drug-likeness (QED) is 0.527. The smallest absolute Gasteiger partial charge is 0.330 e. The fourth-order valence-corrected chi connectivity index (χ4v) is 0. The number of carboxylic acids is 3. The average molecular weight is 247 g/mol. The molecule has 0 bridgehead atoms. The second kappa shape index (κ2) is 11.9. The molecule has 0 aromatic heterocycles. The van der Waals surface area contributed by atoms with E-state index in [1.54, 1.807) is 0 Å². The average Bonchev–Trinajstić information content (AvgIpc) is 2.19. The standard InChI is InChI=1S/2C4H6O2.C2H5NO2/c2*1-3(2)4(5)6;3-1-2(4)5/h2*1H2,2H3,(H,5,6);1,3H2,(H,4,5). The molecule has 0 saturated heterocycles. The molecular weight excluding hydrogens is 230 g/mol. The highest BCUT2D eigenvalue weighted by Gasteiger charge is 1.90. The van der Waals surface area contributed by atoms with Crippen molar-refractivity contribution in [2.45, 2.75) is 13.8 Å². The summed E-state index contributed by atoms with van der Waals surface area (Å²) in [5, 5.41) is 23.4. The lowest BCUT2D eigenvalue weighted by atomic mass is 10.4. The summed E-state index contributed by atoms with van der Waals surface area (Å²) in [4.78, 5) is 28.4. The van der Waals surface area contributed by atoms with Crippen LogP contribution in [0.2, 0.25) is 0 Å². The van der Waals surface area contributed by atoms with Crippen LogP contribution in [-0.2, 0) is 14.4 Å². The molecular formula is C10H17NO6. The van der Waals surface area contributed by atoms with E-state index in [-0.39, 0.29) is 17.7 Å². The van der Waals surface area contributed by atoms with Crippen LogP contribution in [-0.4, -0.2) is 39.8 Å². The second-order valence-corrected chi connectivity index (χ2v) is 2.77. The number of nitrogens with two attached hydrogens (primary N) is 1. The number of hydrogen-bond acceptors (Lipinski definition) is 4. The summed E-state index contributed by atoms with van der Waals surface area (Å²) < 4.78 is 0. The largest absolute Gasteiger partial charge is 0.480 e. The summed E-state index contributed by atoms with van der Waals surface area (Å²) in [5.74, 6) is -2.84. The molecule has 7 heteroatoms. The van der Waals surface area contributed by atoms with E-state index < -0.39 is 17.9 Å². The molecule has 17 heavy (non-hydrogen) atoms. The van der Waals surface area contributed by atoms with Gasteiger partial charge in [-0.05, 0) is 13.8 Å². The van der Waals surface area contributed by atoms with Crippen LogP contribution in [0.4, 0.5) is 0 Å². The fourth-order valence-electron chi connectivity index (χ4n) is 0. The Morgan fingerprint density at radius 3 is 1.06 bits per heavy atom. The molecule has 0 atom stereocenters. The van der Waals surface area contributed by atoms with Crippen LogP contribution in [0, 0.1) is 0 Å². The van der Waals surface area contributed by atoms with Gasteiger partial charge in [-0.25, -0.2) is 9.59 Å². The van der Waals surface area contributed by atoms with E-state index in [0.29, 0.717) is 0 Å². The summed E-state index contributed by atoms with van der Waals surface area (Å²) in [6.45, 7) is 8.93. The molecule has 0 amide bonds. The molecule has 0 heterocycles. The molecule has 5 N–H and O–H groups in total. The van der Waals surface area contributed by atoms with Crippen LogP contribution in [0.25, 0.3) is 0 Å². The van der Waals surface area contributed by atoms with Crippen LogP contribution in [0.15, 0.2) is 24.3 Å². The van der Waals surface area contributed by atoms with E-state index in [0.717, 1.165) is 0 Å². The first-order valence-electron chi connectivity index (χ1n) is 4.25. The van der Waals surface area contributed by atoms with E-state index in [1.165, 1.54) is 13.8 Å². The Hall–Kier alpha value is -2.15. The number of rotatable bonds is 3. The van der Waals surface area contributed by atoms with Crippen LogP contribution in [0.1, 0.15) is 13.8 Å². The molecule has 0 saturated carbocycles. The maximum absolute atomic E-state index is 9.60. The minimum Gasteiger partial charge on any atom is -0.480 e. The second-order valence-electron chi connectivity index (χ2n) is 2.77. The first-order chi connectivity index (χ1) is 7.56. The van der Waals surface area contributed by atoms with Crippen molar-refractivity contribution in [1.82, 2.24) is 0 Å². The van der Waals surface area contributed by atoms with Crippen molar-refractivity contribution in [2.24, 2.45) is 5.73 Å². The van der Waals surface area contributed by atoms with Crippen LogP contribution < -0.4 is 5.73 Å². The van der Waals surface area contributed by atoms with Crippen LogP contribution in [0.5, 0.6) is 0 Å². The minimum atomic E-state index is -0.968. The number of carboxylic acid groups (broad SMARTS) is 3. The van der Waals surface area contributed by atoms with Gasteiger partial charge in [0.15, 0.2) is 0 Å². The lowest BCUT2D eigenvalue weighted by Crippen LogP contribution is -2.10. The van der Waals surface area contributed by atoms with Gasteiger partial charge >= 0.3 is 17.9 Å². The third-order valence-corrected chi connectivity index (χ3v) is 0.905. The van der Waals surface area contributed by atoms with E-state index in [1.807, 2.05) is 0 Å². The first-order valence-corrected chi connectivity index (χ1v) is 4.25. The van der Waals surface area contributed by atoms with Crippen molar-refractivity contribution in [2.75, 3.05) is 6.54 Å². The molecule has 0 radical (unpaired) electrons. The lowest BCUT2D eigenvalue weighted by Gasteiger charge is -1.79. The van der Waals surface area contributed by atoms with Crippen molar-refractivity contribution in [1.29, 1.82) is 0 Å². The van der Waals surface area contributed by atoms with E-state index in [4.69, 9.17) is 15.3 Å². The Morgan fingerprint density at radius 2 is 1.06 bits per heavy atom. The number of hydrogen-bond donors (Lipinski definition) is 4. The molecule has 98 valence electrons. The molecule has 0 aliphatic carbocycles. The third kappa shape index (κ3) is 31.6.